The van der Waals surface area contributed by atoms with Crippen LogP contribution in [0.15, 0.2) is 46.9 Å². The van der Waals surface area contributed by atoms with Crippen molar-refractivity contribution in [3.8, 4) is 5.75 Å². The summed E-state index contributed by atoms with van der Waals surface area (Å²) in [7, 11) is 1.73. The van der Waals surface area contributed by atoms with Crippen molar-refractivity contribution in [1.82, 2.24) is 0 Å². The number of para-hydroxylation sites is 1. The summed E-state index contributed by atoms with van der Waals surface area (Å²) in [5, 5.41) is 0.493. The summed E-state index contributed by atoms with van der Waals surface area (Å²) in [6, 6.07) is 12.9. The Morgan fingerprint density at radius 3 is 2.67 bits per heavy atom. The minimum atomic E-state index is -0.139. The lowest BCUT2D eigenvalue weighted by Gasteiger charge is -2.20. The Morgan fingerprint density at radius 1 is 1.29 bits per heavy atom. The van der Waals surface area contributed by atoms with E-state index in [9.17, 15) is 4.79 Å². The number of carbonyl (C=O) groups excluding carboxylic acids is 1. The number of benzene rings is 2. The Morgan fingerprint density at radius 2 is 2.00 bits per heavy atom. The Hall–Kier alpha value is -1.52. The lowest BCUT2D eigenvalue weighted by molar-refractivity contribution is -0.120. The van der Waals surface area contributed by atoms with Crippen molar-refractivity contribution in [2.45, 2.75) is 6.92 Å². The first-order chi connectivity index (χ1) is 9.99. The van der Waals surface area contributed by atoms with Gasteiger partial charge in [-0.1, -0.05) is 39.7 Å². The molecule has 2 aromatic carbocycles. The van der Waals surface area contributed by atoms with Crippen LogP contribution in [0, 0.1) is 6.92 Å². The number of rotatable bonds is 4. The van der Waals surface area contributed by atoms with Crippen LogP contribution in [0.1, 0.15) is 5.56 Å². The molecule has 0 N–H and O–H groups in total. The number of anilines is 1. The Bertz CT molecular complexity index is 660. The van der Waals surface area contributed by atoms with Crippen molar-refractivity contribution in [2.24, 2.45) is 0 Å². The highest BCUT2D eigenvalue weighted by atomic mass is 79.9. The van der Waals surface area contributed by atoms with Gasteiger partial charge in [-0.05, 0) is 42.8 Å². The van der Waals surface area contributed by atoms with E-state index in [4.69, 9.17) is 16.3 Å². The Balaban J connectivity index is 2.05. The molecule has 0 aliphatic rings. The van der Waals surface area contributed by atoms with Gasteiger partial charge < -0.3 is 9.64 Å². The second-order valence-electron chi connectivity index (χ2n) is 4.60. The molecule has 0 saturated carbocycles. The molecule has 5 heteroatoms. The van der Waals surface area contributed by atoms with Gasteiger partial charge in [0.05, 0.1) is 5.02 Å². The number of halogens is 2. The van der Waals surface area contributed by atoms with Crippen LogP contribution >= 0.6 is 27.5 Å². The number of carbonyl (C=O) groups is 1. The van der Waals surface area contributed by atoms with Crippen molar-refractivity contribution < 1.29 is 9.53 Å². The summed E-state index contributed by atoms with van der Waals surface area (Å²) >= 11 is 9.40. The molecule has 21 heavy (non-hydrogen) atoms. The van der Waals surface area contributed by atoms with Gasteiger partial charge in [-0.2, -0.15) is 0 Å². The number of likely N-dealkylation sites (N-methyl/N-ethyl adjacent to an activating group) is 1. The first-order valence-electron chi connectivity index (χ1n) is 6.39. The molecule has 2 aromatic rings. The molecule has 1 amide bonds. The highest BCUT2D eigenvalue weighted by molar-refractivity contribution is 9.10. The maximum Gasteiger partial charge on any atom is 0.264 e. The number of hydrogen-bond acceptors (Lipinski definition) is 2. The number of ether oxygens (including phenoxy) is 1. The fourth-order valence-corrected chi connectivity index (χ4v) is 2.59. The molecule has 0 spiro atoms. The SMILES string of the molecule is Cc1cc(Br)ccc1N(C)C(=O)COc1ccccc1Cl. The molecule has 0 radical (unpaired) electrons. The van der Waals surface area contributed by atoms with Gasteiger partial charge >= 0.3 is 0 Å². The zero-order valence-corrected chi connectivity index (χ0v) is 14.1. The Labute approximate surface area is 137 Å². The predicted octanol–water partition coefficient (Wildman–Crippen LogP) is 4.45. The zero-order chi connectivity index (χ0) is 15.4. The second-order valence-corrected chi connectivity index (χ2v) is 5.93. The third-order valence-corrected chi connectivity index (χ3v) is 3.89. The van der Waals surface area contributed by atoms with Crippen molar-refractivity contribution in [3.05, 3.63) is 57.5 Å². The van der Waals surface area contributed by atoms with E-state index in [-0.39, 0.29) is 12.5 Å². The number of nitrogens with zero attached hydrogens (tertiary/aromatic N) is 1. The first-order valence-corrected chi connectivity index (χ1v) is 7.56. The van der Waals surface area contributed by atoms with Crippen LogP contribution in [0.5, 0.6) is 5.75 Å². The van der Waals surface area contributed by atoms with E-state index >= 15 is 0 Å². The van der Waals surface area contributed by atoms with E-state index in [1.165, 1.54) is 0 Å². The molecule has 0 unspecified atom stereocenters. The molecule has 0 bridgehead atoms. The number of amides is 1. The fourth-order valence-electron chi connectivity index (χ4n) is 1.93. The van der Waals surface area contributed by atoms with Crippen LogP contribution in [0.4, 0.5) is 5.69 Å². The largest absolute Gasteiger partial charge is 0.482 e. The summed E-state index contributed by atoms with van der Waals surface area (Å²) in [4.78, 5) is 13.8. The maximum atomic E-state index is 12.2. The molecule has 110 valence electrons. The predicted molar refractivity (Wildman–Crippen MR) is 89.2 cm³/mol. The lowest BCUT2D eigenvalue weighted by Crippen LogP contribution is -2.31. The lowest BCUT2D eigenvalue weighted by atomic mass is 10.2. The fraction of sp³-hybridized carbons (Fsp3) is 0.188. The maximum absolute atomic E-state index is 12.2. The summed E-state index contributed by atoms with van der Waals surface area (Å²) < 4.78 is 6.46. The van der Waals surface area contributed by atoms with Crippen molar-refractivity contribution in [1.29, 1.82) is 0 Å². The molecule has 3 nitrogen and oxygen atoms in total. The molecule has 0 aliphatic carbocycles. The minimum absolute atomic E-state index is 0.0598. The van der Waals surface area contributed by atoms with Gasteiger partial charge in [0.25, 0.3) is 5.91 Å². The second kappa shape index (κ2) is 6.96. The number of hydrogen-bond donors (Lipinski definition) is 0. The third kappa shape index (κ3) is 3.99. The highest BCUT2D eigenvalue weighted by Crippen LogP contribution is 2.25. The van der Waals surface area contributed by atoms with Crippen LogP contribution in [0.2, 0.25) is 5.02 Å². The van der Waals surface area contributed by atoms with Gasteiger partial charge in [0.2, 0.25) is 0 Å². The summed E-state index contributed by atoms with van der Waals surface area (Å²) in [5.74, 6) is 0.369. The van der Waals surface area contributed by atoms with Gasteiger partial charge in [-0.3, -0.25) is 4.79 Å². The molecule has 0 aliphatic heterocycles. The van der Waals surface area contributed by atoms with Gasteiger partial charge in [0.15, 0.2) is 6.61 Å². The molecule has 0 atom stereocenters. The van der Waals surface area contributed by atoms with E-state index in [0.717, 1.165) is 15.7 Å². The normalized spacial score (nSPS) is 10.3. The van der Waals surface area contributed by atoms with E-state index in [2.05, 4.69) is 15.9 Å². The smallest absolute Gasteiger partial charge is 0.264 e. The summed E-state index contributed by atoms with van der Waals surface area (Å²) in [6.07, 6.45) is 0. The van der Waals surface area contributed by atoms with Crippen LogP contribution in [0.3, 0.4) is 0 Å². The van der Waals surface area contributed by atoms with E-state index in [1.54, 1.807) is 24.1 Å². The molecule has 0 aromatic heterocycles. The van der Waals surface area contributed by atoms with E-state index in [0.29, 0.717) is 10.8 Å². The van der Waals surface area contributed by atoms with Gasteiger partial charge in [0, 0.05) is 17.2 Å². The summed E-state index contributed by atoms with van der Waals surface area (Å²) in [6.45, 7) is 1.90. The molecule has 0 fully saturated rings. The van der Waals surface area contributed by atoms with Gasteiger partial charge in [-0.25, -0.2) is 0 Å². The standard InChI is InChI=1S/C16H15BrClNO2/c1-11-9-12(17)7-8-14(11)19(2)16(20)10-21-15-6-4-3-5-13(15)18/h3-9H,10H2,1-2H3. The van der Waals surface area contributed by atoms with Crippen LogP contribution in [-0.4, -0.2) is 19.6 Å². The molecule has 0 heterocycles. The topological polar surface area (TPSA) is 29.5 Å². The van der Waals surface area contributed by atoms with Crippen LogP contribution < -0.4 is 9.64 Å². The van der Waals surface area contributed by atoms with Crippen molar-refractivity contribution in [2.75, 3.05) is 18.6 Å². The van der Waals surface area contributed by atoms with Crippen molar-refractivity contribution in [3.63, 3.8) is 0 Å². The minimum Gasteiger partial charge on any atom is -0.482 e. The molecule has 2 rings (SSSR count). The number of aryl methyl sites for hydroxylation is 1. The monoisotopic (exact) mass is 367 g/mol. The quantitative estimate of drug-likeness (QED) is 0.798. The Kier molecular flexibility index (Phi) is 5.26. The average molecular weight is 369 g/mol. The average Bonchev–Trinajstić information content (AvgIpc) is 2.45. The first kappa shape index (κ1) is 15.9. The third-order valence-electron chi connectivity index (χ3n) is 3.08. The highest BCUT2D eigenvalue weighted by Gasteiger charge is 2.14. The van der Waals surface area contributed by atoms with E-state index < -0.39 is 0 Å². The zero-order valence-electron chi connectivity index (χ0n) is 11.8. The van der Waals surface area contributed by atoms with Gasteiger partial charge in [0.1, 0.15) is 5.75 Å². The van der Waals surface area contributed by atoms with Crippen LogP contribution in [-0.2, 0) is 4.79 Å². The van der Waals surface area contributed by atoms with Gasteiger partial charge in [-0.15, -0.1) is 0 Å². The van der Waals surface area contributed by atoms with E-state index in [1.807, 2.05) is 37.3 Å². The summed E-state index contributed by atoms with van der Waals surface area (Å²) in [5.41, 5.74) is 1.86. The molecular formula is C16H15BrClNO2. The van der Waals surface area contributed by atoms with Crippen molar-refractivity contribution >= 4 is 39.1 Å². The molecular weight excluding hydrogens is 354 g/mol. The molecule has 0 saturated heterocycles. The van der Waals surface area contributed by atoms with Crippen LogP contribution in [0.25, 0.3) is 0 Å².